The Labute approximate surface area is 151 Å². The summed E-state index contributed by atoms with van der Waals surface area (Å²) in [5.41, 5.74) is 1.27. The molecule has 1 amide bonds. The monoisotopic (exact) mass is 345 g/mol. The van der Waals surface area contributed by atoms with Crippen LogP contribution >= 0.6 is 0 Å². The topological polar surface area (TPSA) is 68.8 Å². The molecular formula is C19H31N5O. The SMILES string of the molecule is CCNC(=NCCNC(=O)C(C)C)NC1CCN(c2ccccc2)C1. The number of benzene rings is 1. The average molecular weight is 345 g/mol. The van der Waals surface area contributed by atoms with Crippen LogP contribution in [0, 0.1) is 5.92 Å². The van der Waals surface area contributed by atoms with E-state index in [0.717, 1.165) is 32.0 Å². The van der Waals surface area contributed by atoms with E-state index in [1.165, 1.54) is 5.69 Å². The fourth-order valence-electron chi connectivity index (χ4n) is 2.82. The first-order chi connectivity index (χ1) is 12.1. The van der Waals surface area contributed by atoms with Gasteiger partial charge in [0.1, 0.15) is 0 Å². The largest absolute Gasteiger partial charge is 0.369 e. The molecule has 1 atom stereocenters. The molecule has 0 radical (unpaired) electrons. The minimum absolute atomic E-state index is 0.0119. The van der Waals surface area contributed by atoms with Crippen LogP contribution in [-0.2, 0) is 4.79 Å². The Bertz CT molecular complexity index is 558. The van der Waals surface area contributed by atoms with Gasteiger partial charge in [0.05, 0.1) is 6.54 Å². The van der Waals surface area contributed by atoms with Gasteiger partial charge in [0.25, 0.3) is 0 Å². The van der Waals surface area contributed by atoms with Crippen molar-refractivity contribution in [3.8, 4) is 0 Å². The molecule has 3 N–H and O–H groups in total. The lowest BCUT2D eigenvalue weighted by Crippen LogP contribution is -2.45. The number of hydrogen-bond acceptors (Lipinski definition) is 3. The van der Waals surface area contributed by atoms with Crippen LogP contribution in [0.5, 0.6) is 0 Å². The lowest BCUT2D eigenvalue weighted by molar-refractivity contribution is -0.123. The standard InChI is InChI=1S/C19H31N5O/c1-4-20-19(22-12-11-21-18(25)15(2)3)23-16-10-13-24(14-16)17-8-6-5-7-9-17/h5-9,15-16H,4,10-14H2,1-3H3,(H,21,25)(H2,20,22,23). The maximum Gasteiger partial charge on any atom is 0.222 e. The van der Waals surface area contributed by atoms with Crippen LogP contribution in [0.25, 0.3) is 0 Å². The van der Waals surface area contributed by atoms with Crippen molar-refractivity contribution in [3.63, 3.8) is 0 Å². The van der Waals surface area contributed by atoms with Gasteiger partial charge in [-0.05, 0) is 25.5 Å². The third-order valence-corrected chi connectivity index (χ3v) is 4.20. The molecule has 1 aliphatic rings. The first-order valence-corrected chi connectivity index (χ1v) is 9.22. The summed E-state index contributed by atoms with van der Waals surface area (Å²) in [7, 11) is 0. The van der Waals surface area contributed by atoms with Gasteiger partial charge < -0.3 is 20.9 Å². The molecule has 1 aliphatic heterocycles. The van der Waals surface area contributed by atoms with Gasteiger partial charge in [0.2, 0.25) is 5.91 Å². The van der Waals surface area contributed by atoms with Crippen LogP contribution < -0.4 is 20.9 Å². The number of nitrogens with one attached hydrogen (secondary N) is 3. The molecule has 138 valence electrons. The van der Waals surface area contributed by atoms with E-state index < -0.39 is 0 Å². The molecule has 0 aromatic heterocycles. The predicted molar refractivity (Wildman–Crippen MR) is 104 cm³/mol. The van der Waals surface area contributed by atoms with E-state index in [0.29, 0.717) is 19.1 Å². The molecule has 0 spiro atoms. The molecule has 2 rings (SSSR count). The summed E-state index contributed by atoms with van der Waals surface area (Å²) in [6, 6.07) is 10.9. The van der Waals surface area contributed by atoms with E-state index in [2.05, 4.69) is 57.0 Å². The Morgan fingerprint density at radius 2 is 2.04 bits per heavy atom. The number of guanidine groups is 1. The van der Waals surface area contributed by atoms with E-state index in [1.54, 1.807) is 0 Å². The van der Waals surface area contributed by atoms with Crippen molar-refractivity contribution in [1.29, 1.82) is 0 Å². The third-order valence-electron chi connectivity index (χ3n) is 4.20. The maximum absolute atomic E-state index is 11.6. The average Bonchev–Trinajstić information content (AvgIpc) is 3.07. The van der Waals surface area contributed by atoms with Crippen LogP contribution in [0.15, 0.2) is 35.3 Å². The van der Waals surface area contributed by atoms with Crippen LogP contribution in [0.2, 0.25) is 0 Å². The van der Waals surface area contributed by atoms with Crippen molar-refractivity contribution in [2.45, 2.75) is 33.2 Å². The van der Waals surface area contributed by atoms with E-state index >= 15 is 0 Å². The number of carbonyl (C=O) groups excluding carboxylic acids is 1. The molecule has 1 aromatic carbocycles. The summed E-state index contributed by atoms with van der Waals surface area (Å²) in [6.07, 6.45) is 1.09. The van der Waals surface area contributed by atoms with Gasteiger partial charge in [-0.1, -0.05) is 32.0 Å². The van der Waals surface area contributed by atoms with E-state index in [1.807, 2.05) is 19.9 Å². The van der Waals surface area contributed by atoms with Crippen molar-refractivity contribution in [3.05, 3.63) is 30.3 Å². The van der Waals surface area contributed by atoms with E-state index in [9.17, 15) is 4.79 Å². The summed E-state index contributed by atoms with van der Waals surface area (Å²) in [5, 5.41) is 9.69. The molecule has 0 aliphatic carbocycles. The third kappa shape index (κ3) is 6.29. The molecule has 0 bridgehead atoms. The molecule has 1 fully saturated rings. The Balaban J connectivity index is 1.80. The van der Waals surface area contributed by atoms with Gasteiger partial charge in [0, 0.05) is 43.8 Å². The van der Waals surface area contributed by atoms with Crippen LogP contribution in [0.3, 0.4) is 0 Å². The normalized spacial score (nSPS) is 17.7. The van der Waals surface area contributed by atoms with Crippen molar-refractivity contribution in [1.82, 2.24) is 16.0 Å². The van der Waals surface area contributed by atoms with Crippen molar-refractivity contribution < 1.29 is 4.79 Å². The highest BCUT2D eigenvalue weighted by atomic mass is 16.1. The van der Waals surface area contributed by atoms with Gasteiger partial charge in [0.15, 0.2) is 5.96 Å². The summed E-state index contributed by atoms with van der Waals surface area (Å²) in [5.74, 6) is 0.904. The molecule has 0 saturated carbocycles. The van der Waals surface area contributed by atoms with Crippen LogP contribution in [-0.4, -0.2) is 50.6 Å². The minimum Gasteiger partial charge on any atom is -0.369 e. The summed E-state index contributed by atoms with van der Waals surface area (Å²) in [6.45, 7) is 9.81. The Kier molecular flexibility index (Phi) is 7.57. The quantitative estimate of drug-likeness (QED) is 0.399. The number of rotatable bonds is 7. The fourth-order valence-corrected chi connectivity index (χ4v) is 2.82. The van der Waals surface area contributed by atoms with E-state index in [4.69, 9.17) is 0 Å². The maximum atomic E-state index is 11.6. The van der Waals surface area contributed by atoms with E-state index in [-0.39, 0.29) is 11.8 Å². The Morgan fingerprint density at radius 1 is 1.28 bits per heavy atom. The first kappa shape index (κ1) is 19.1. The lowest BCUT2D eigenvalue weighted by Gasteiger charge is -2.20. The number of aliphatic imine (C=N–C) groups is 1. The Morgan fingerprint density at radius 3 is 2.72 bits per heavy atom. The van der Waals surface area contributed by atoms with Gasteiger partial charge in [-0.15, -0.1) is 0 Å². The van der Waals surface area contributed by atoms with Gasteiger partial charge in [-0.2, -0.15) is 0 Å². The lowest BCUT2D eigenvalue weighted by atomic mass is 10.2. The second kappa shape index (κ2) is 9.91. The van der Waals surface area contributed by atoms with Crippen molar-refractivity contribution in [2.75, 3.05) is 37.6 Å². The number of nitrogens with zero attached hydrogens (tertiary/aromatic N) is 2. The number of amides is 1. The van der Waals surface area contributed by atoms with Crippen LogP contribution in [0.1, 0.15) is 27.2 Å². The highest BCUT2D eigenvalue weighted by molar-refractivity contribution is 5.80. The molecule has 1 aromatic rings. The van der Waals surface area contributed by atoms with Crippen molar-refractivity contribution >= 4 is 17.6 Å². The van der Waals surface area contributed by atoms with Crippen molar-refractivity contribution in [2.24, 2.45) is 10.9 Å². The summed E-state index contributed by atoms with van der Waals surface area (Å²) >= 11 is 0. The molecule has 1 heterocycles. The first-order valence-electron chi connectivity index (χ1n) is 9.22. The Hall–Kier alpha value is -2.24. The molecule has 6 nitrogen and oxygen atoms in total. The zero-order chi connectivity index (χ0) is 18.1. The molecule has 25 heavy (non-hydrogen) atoms. The smallest absolute Gasteiger partial charge is 0.222 e. The molecule has 1 unspecified atom stereocenters. The zero-order valence-electron chi connectivity index (χ0n) is 15.6. The fraction of sp³-hybridized carbons (Fsp3) is 0.579. The molecule has 1 saturated heterocycles. The number of hydrogen-bond donors (Lipinski definition) is 3. The van der Waals surface area contributed by atoms with Gasteiger partial charge >= 0.3 is 0 Å². The van der Waals surface area contributed by atoms with Crippen LogP contribution in [0.4, 0.5) is 5.69 Å². The second-order valence-electron chi connectivity index (χ2n) is 6.62. The molecular weight excluding hydrogens is 314 g/mol. The van der Waals surface area contributed by atoms with Gasteiger partial charge in [-0.3, -0.25) is 9.79 Å². The summed E-state index contributed by atoms with van der Waals surface area (Å²) in [4.78, 5) is 18.5. The minimum atomic E-state index is 0.0119. The number of anilines is 1. The second-order valence-corrected chi connectivity index (χ2v) is 6.62. The van der Waals surface area contributed by atoms with Gasteiger partial charge in [-0.25, -0.2) is 0 Å². The number of para-hydroxylation sites is 1. The predicted octanol–water partition coefficient (Wildman–Crippen LogP) is 1.59. The highest BCUT2D eigenvalue weighted by Gasteiger charge is 2.23. The zero-order valence-corrected chi connectivity index (χ0v) is 15.6. The number of carbonyl (C=O) groups is 1. The molecule has 6 heteroatoms. The highest BCUT2D eigenvalue weighted by Crippen LogP contribution is 2.19. The summed E-state index contributed by atoms with van der Waals surface area (Å²) < 4.78 is 0.